The Morgan fingerprint density at radius 2 is 2.29 bits per heavy atom. The zero-order chi connectivity index (χ0) is 9.97. The van der Waals surface area contributed by atoms with Crippen LogP contribution >= 0.6 is 23.2 Å². The lowest BCUT2D eigenvalue weighted by atomic mass is 10.2. The summed E-state index contributed by atoms with van der Waals surface area (Å²) < 4.78 is 5.24. The molecular formula is C10H11Cl2NO. The summed E-state index contributed by atoms with van der Waals surface area (Å²) in [4.78, 5) is 0. The molecule has 14 heavy (non-hydrogen) atoms. The summed E-state index contributed by atoms with van der Waals surface area (Å²) in [5, 5.41) is 4.01. The first-order valence-electron chi connectivity index (χ1n) is 4.53. The topological polar surface area (TPSA) is 21.3 Å². The molecule has 1 aromatic rings. The van der Waals surface area contributed by atoms with E-state index in [0.29, 0.717) is 6.61 Å². The zero-order valence-corrected chi connectivity index (χ0v) is 9.05. The maximum Gasteiger partial charge on any atom is 0.151 e. The van der Waals surface area contributed by atoms with Crippen molar-refractivity contribution in [2.75, 3.05) is 11.9 Å². The van der Waals surface area contributed by atoms with Gasteiger partial charge in [-0.25, -0.2) is 0 Å². The minimum absolute atomic E-state index is 0.176. The second kappa shape index (κ2) is 4.39. The molecule has 1 aromatic carbocycles. The molecule has 0 spiro atoms. The summed E-state index contributed by atoms with van der Waals surface area (Å²) in [5.74, 6) is 0. The predicted molar refractivity (Wildman–Crippen MR) is 59.1 cm³/mol. The van der Waals surface area contributed by atoms with E-state index in [2.05, 4.69) is 5.32 Å². The molecule has 1 fully saturated rings. The SMILES string of the molecule is Clc1cccc(NC2CCOC2Cl)c1. The zero-order valence-electron chi connectivity index (χ0n) is 7.54. The van der Waals surface area contributed by atoms with Gasteiger partial charge in [0.05, 0.1) is 12.6 Å². The summed E-state index contributed by atoms with van der Waals surface area (Å²) in [6.07, 6.45) is 0.931. The number of rotatable bonds is 2. The van der Waals surface area contributed by atoms with Gasteiger partial charge >= 0.3 is 0 Å². The third kappa shape index (κ3) is 2.32. The van der Waals surface area contributed by atoms with Crippen molar-refractivity contribution in [3.63, 3.8) is 0 Å². The van der Waals surface area contributed by atoms with Gasteiger partial charge in [-0.05, 0) is 24.6 Å². The number of hydrogen-bond donors (Lipinski definition) is 1. The molecule has 1 aliphatic rings. The molecule has 0 aromatic heterocycles. The van der Waals surface area contributed by atoms with E-state index in [1.165, 1.54) is 0 Å². The highest BCUT2D eigenvalue weighted by Gasteiger charge is 2.25. The van der Waals surface area contributed by atoms with Crippen molar-refractivity contribution in [1.29, 1.82) is 0 Å². The molecule has 4 heteroatoms. The molecule has 2 rings (SSSR count). The lowest BCUT2D eigenvalue weighted by Gasteiger charge is -2.15. The van der Waals surface area contributed by atoms with Crippen molar-refractivity contribution in [2.45, 2.75) is 18.0 Å². The summed E-state index contributed by atoms with van der Waals surface area (Å²) >= 11 is 11.8. The van der Waals surface area contributed by atoms with Gasteiger partial charge in [0.2, 0.25) is 0 Å². The molecule has 0 saturated carbocycles. The number of anilines is 1. The molecule has 1 aliphatic heterocycles. The summed E-state index contributed by atoms with van der Waals surface area (Å²) in [6.45, 7) is 0.715. The van der Waals surface area contributed by atoms with Gasteiger partial charge in [0.25, 0.3) is 0 Å². The molecule has 2 atom stereocenters. The Morgan fingerprint density at radius 3 is 2.93 bits per heavy atom. The number of halogens is 2. The lowest BCUT2D eigenvalue weighted by Crippen LogP contribution is -2.24. The first kappa shape index (κ1) is 10.1. The maximum absolute atomic E-state index is 5.95. The number of nitrogens with one attached hydrogen (secondary N) is 1. The van der Waals surface area contributed by atoms with Gasteiger partial charge in [-0.3, -0.25) is 0 Å². The molecule has 76 valence electrons. The van der Waals surface area contributed by atoms with Gasteiger partial charge < -0.3 is 10.1 Å². The van der Waals surface area contributed by atoms with Crippen molar-refractivity contribution >= 4 is 28.9 Å². The normalized spacial score (nSPS) is 26.4. The Hall–Kier alpha value is -0.440. The van der Waals surface area contributed by atoms with E-state index in [1.807, 2.05) is 24.3 Å². The molecule has 1 saturated heterocycles. The lowest BCUT2D eigenvalue weighted by molar-refractivity contribution is 0.165. The van der Waals surface area contributed by atoms with Crippen LogP contribution in [-0.4, -0.2) is 18.2 Å². The molecule has 2 unspecified atom stereocenters. The van der Waals surface area contributed by atoms with Crippen LogP contribution in [-0.2, 0) is 4.74 Å². The van der Waals surface area contributed by atoms with Gasteiger partial charge in [0.1, 0.15) is 0 Å². The Bertz CT molecular complexity index is 319. The van der Waals surface area contributed by atoms with E-state index in [1.54, 1.807) is 0 Å². The Balaban J connectivity index is 2.03. The average Bonchev–Trinajstić information content (AvgIpc) is 2.52. The highest BCUT2D eigenvalue weighted by atomic mass is 35.5. The molecule has 1 heterocycles. The van der Waals surface area contributed by atoms with Crippen LogP contribution in [0.4, 0.5) is 5.69 Å². The fourth-order valence-electron chi connectivity index (χ4n) is 1.48. The number of benzene rings is 1. The van der Waals surface area contributed by atoms with Crippen LogP contribution in [0.15, 0.2) is 24.3 Å². The Labute approximate surface area is 93.2 Å². The van der Waals surface area contributed by atoms with Gasteiger partial charge in [-0.2, -0.15) is 0 Å². The maximum atomic E-state index is 5.95. The molecule has 2 nitrogen and oxygen atoms in total. The van der Waals surface area contributed by atoms with E-state index < -0.39 is 0 Å². The van der Waals surface area contributed by atoms with E-state index in [9.17, 15) is 0 Å². The standard InChI is InChI=1S/C10H11Cl2NO/c11-7-2-1-3-8(6-7)13-9-4-5-14-10(9)12/h1-3,6,9-10,13H,4-5H2. The van der Waals surface area contributed by atoms with Crippen LogP contribution < -0.4 is 5.32 Å². The van der Waals surface area contributed by atoms with Crippen molar-refractivity contribution in [3.8, 4) is 0 Å². The van der Waals surface area contributed by atoms with Crippen LogP contribution in [0, 0.1) is 0 Å². The second-order valence-corrected chi connectivity index (χ2v) is 4.14. The quantitative estimate of drug-likeness (QED) is 0.791. The molecule has 0 amide bonds. The van der Waals surface area contributed by atoms with E-state index >= 15 is 0 Å². The van der Waals surface area contributed by atoms with Crippen LogP contribution in [0.2, 0.25) is 5.02 Å². The van der Waals surface area contributed by atoms with Crippen LogP contribution in [0.5, 0.6) is 0 Å². The highest BCUT2D eigenvalue weighted by molar-refractivity contribution is 6.30. The predicted octanol–water partition coefficient (Wildman–Crippen LogP) is 3.11. The first-order chi connectivity index (χ1) is 6.75. The minimum atomic E-state index is -0.242. The molecular weight excluding hydrogens is 221 g/mol. The second-order valence-electron chi connectivity index (χ2n) is 3.27. The molecule has 0 aliphatic carbocycles. The molecule has 0 radical (unpaired) electrons. The number of alkyl halides is 1. The third-order valence-corrected chi connectivity index (χ3v) is 2.86. The van der Waals surface area contributed by atoms with Crippen LogP contribution in [0.25, 0.3) is 0 Å². The van der Waals surface area contributed by atoms with Crippen molar-refractivity contribution in [3.05, 3.63) is 29.3 Å². The fourth-order valence-corrected chi connectivity index (χ4v) is 1.95. The van der Waals surface area contributed by atoms with Crippen LogP contribution in [0.1, 0.15) is 6.42 Å². The van der Waals surface area contributed by atoms with E-state index in [4.69, 9.17) is 27.9 Å². The van der Waals surface area contributed by atoms with Crippen molar-refractivity contribution < 1.29 is 4.74 Å². The van der Waals surface area contributed by atoms with Gasteiger partial charge in [-0.15, -0.1) is 0 Å². The van der Waals surface area contributed by atoms with Gasteiger partial charge in [-0.1, -0.05) is 29.3 Å². The summed E-state index contributed by atoms with van der Waals surface area (Å²) in [6, 6.07) is 7.77. The molecule has 0 bridgehead atoms. The van der Waals surface area contributed by atoms with E-state index in [-0.39, 0.29) is 11.6 Å². The van der Waals surface area contributed by atoms with Gasteiger partial charge in [0.15, 0.2) is 5.56 Å². The smallest absolute Gasteiger partial charge is 0.151 e. The largest absolute Gasteiger partial charge is 0.378 e. The molecule has 1 N–H and O–H groups in total. The van der Waals surface area contributed by atoms with Crippen LogP contribution in [0.3, 0.4) is 0 Å². The van der Waals surface area contributed by atoms with Crippen molar-refractivity contribution in [2.24, 2.45) is 0 Å². The van der Waals surface area contributed by atoms with E-state index in [0.717, 1.165) is 17.1 Å². The Morgan fingerprint density at radius 1 is 1.43 bits per heavy atom. The number of hydrogen-bond acceptors (Lipinski definition) is 2. The number of ether oxygens (including phenoxy) is 1. The summed E-state index contributed by atoms with van der Waals surface area (Å²) in [5.41, 5.74) is 0.743. The monoisotopic (exact) mass is 231 g/mol. The highest BCUT2D eigenvalue weighted by Crippen LogP contribution is 2.23. The van der Waals surface area contributed by atoms with Crippen molar-refractivity contribution in [1.82, 2.24) is 0 Å². The Kier molecular flexibility index (Phi) is 3.16. The third-order valence-electron chi connectivity index (χ3n) is 2.20. The van der Waals surface area contributed by atoms with Gasteiger partial charge in [0, 0.05) is 10.7 Å². The average molecular weight is 232 g/mol. The summed E-state index contributed by atoms with van der Waals surface area (Å²) in [7, 11) is 0. The first-order valence-corrected chi connectivity index (χ1v) is 5.35. The fraction of sp³-hybridized carbons (Fsp3) is 0.400. The minimum Gasteiger partial charge on any atom is -0.378 e.